The summed E-state index contributed by atoms with van der Waals surface area (Å²) in [4.78, 5) is 12.0. The topological polar surface area (TPSA) is 64.4 Å². The average Bonchev–Trinajstić information content (AvgIpc) is 2.54. The molecular formula is C18H22N2O2. The number of nitrogens with one attached hydrogen (secondary N) is 1. The molecule has 2 rings (SSSR count). The van der Waals surface area contributed by atoms with E-state index in [1.807, 2.05) is 67.6 Å². The second-order valence-corrected chi connectivity index (χ2v) is 5.28. The fourth-order valence-corrected chi connectivity index (χ4v) is 2.11. The van der Waals surface area contributed by atoms with Crippen molar-refractivity contribution in [3.8, 4) is 5.75 Å². The Balaban J connectivity index is 1.74. The average molecular weight is 298 g/mol. The zero-order chi connectivity index (χ0) is 15.8. The van der Waals surface area contributed by atoms with Gasteiger partial charge in [-0.2, -0.15) is 0 Å². The molecule has 0 radical (unpaired) electrons. The molecule has 1 amide bonds. The van der Waals surface area contributed by atoms with Crippen molar-refractivity contribution >= 4 is 5.91 Å². The van der Waals surface area contributed by atoms with E-state index in [1.54, 1.807) is 0 Å². The Morgan fingerprint density at radius 3 is 2.32 bits per heavy atom. The van der Waals surface area contributed by atoms with Gasteiger partial charge in [0.25, 0.3) is 0 Å². The van der Waals surface area contributed by atoms with Gasteiger partial charge in [-0.15, -0.1) is 0 Å². The van der Waals surface area contributed by atoms with Gasteiger partial charge in [0.1, 0.15) is 11.9 Å². The maximum atomic E-state index is 12.0. The molecule has 0 bridgehead atoms. The largest absolute Gasteiger partial charge is 0.489 e. The SMILES string of the molecule is CC(CNC(=O)[C@@H](N)Cc1ccccc1)Oc1ccccc1. The first-order chi connectivity index (χ1) is 10.6. The molecule has 0 aromatic heterocycles. The van der Waals surface area contributed by atoms with E-state index in [9.17, 15) is 4.79 Å². The smallest absolute Gasteiger partial charge is 0.237 e. The first-order valence-electron chi connectivity index (χ1n) is 7.44. The van der Waals surface area contributed by atoms with Gasteiger partial charge in [-0.25, -0.2) is 0 Å². The Bertz CT molecular complexity index is 572. The summed E-state index contributed by atoms with van der Waals surface area (Å²) < 4.78 is 5.71. The first kappa shape index (κ1) is 16.0. The highest BCUT2D eigenvalue weighted by molar-refractivity contribution is 5.81. The fraction of sp³-hybridized carbons (Fsp3) is 0.278. The van der Waals surface area contributed by atoms with Crippen LogP contribution >= 0.6 is 0 Å². The molecule has 2 aromatic rings. The molecule has 116 valence electrons. The Hall–Kier alpha value is -2.33. The molecule has 0 fully saturated rings. The van der Waals surface area contributed by atoms with Gasteiger partial charge >= 0.3 is 0 Å². The summed E-state index contributed by atoms with van der Waals surface area (Å²) in [6, 6.07) is 18.7. The monoisotopic (exact) mass is 298 g/mol. The molecule has 4 nitrogen and oxygen atoms in total. The van der Waals surface area contributed by atoms with Crippen molar-refractivity contribution < 1.29 is 9.53 Å². The molecule has 3 N–H and O–H groups in total. The van der Waals surface area contributed by atoms with Gasteiger partial charge < -0.3 is 15.8 Å². The third-order valence-electron chi connectivity index (χ3n) is 3.28. The maximum absolute atomic E-state index is 12.0. The fourth-order valence-electron chi connectivity index (χ4n) is 2.11. The van der Waals surface area contributed by atoms with Crippen LogP contribution in [0.1, 0.15) is 12.5 Å². The van der Waals surface area contributed by atoms with Crippen LogP contribution in [-0.2, 0) is 11.2 Å². The number of ether oxygens (including phenoxy) is 1. The number of amides is 1. The molecule has 0 aliphatic carbocycles. The number of benzene rings is 2. The van der Waals surface area contributed by atoms with E-state index in [0.29, 0.717) is 13.0 Å². The van der Waals surface area contributed by atoms with E-state index >= 15 is 0 Å². The van der Waals surface area contributed by atoms with Crippen LogP contribution in [0.3, 0.4) is 0 Å². The second kappa shape index (κ2) is 8.20. The molecule has 22 heavy (non-hydrogen) atoms. The number of hydrogen-bond donors (Lipinski definition) is 2. The minimum Gasteiger partial charge on any atom is -0.489 e. The van der Waals surface area contributed by atoms with E-state index in [0.717, 1.165) is 11.3 Å². The Labute approximate surface area is 131 Å². The van der Waals surface area contributed by atoms with Gasteiger partial charge in [0.05, 0.1) is 12.6 Å². The summed E-state index contributed by atoms with van der Waals surface area (Å²) in [5.41, 5.74) is 6.99. The lowest BCUT2D eigenvalue weighted by molar-refractivity contribution is -0.122. The lowest BCUT2D eigenvalue weighted by Gasteiger charge is -2.17. The number of carbonyl (C=O) groups is 1. The lowest BCUT2D eigenvalue weighted by Crippen LogP contribution is -2.45. The van der Waals surface area contributed by atoms with E-state index in [1.165, 1.54) is 0 Å². The molecule has 0 aliphatic heterocycles. The normalized spacial score (nSPS) is 13.2. The van der Waals surface area contributed by atoms with Crippen LogP contribution in [0.15, 0.2) is 60.7 Å². The molecule has 0 saturated carbocycles. The van der Waals surface area contributed by atoms with Crippen molar-refractivity contribution in [1.82, 2.24) is 5.32 Å². The van der Waals surface area contributed by atoms with Crippen molar-refractivity contribution in [3.63, 3.8) is 0 Å². The lowest BCUT2D eigenvalue weighted by atomic mass is 10.1. The second-order valence-electron chi connectivity index (χ2n) is 5.28. The molecule has 4 heteroatoms. The highest BCUT2D eigenvalue weighted by Crippen LogP contribution is 2.10. The third-order valence-corrected chi connectivity index (χ3v) is 3.28. The molecular weight excluding hydrogens is 276 g/mol. The highest BCUT2D eigenvalue weighted by Gasteiger charge is 2.15. The standard InChI is InChI=1S/C18H22N2O2/c1-14(22-16-10-6-3-7-11-16)13-20-18(21)17(19)12-15-8-4-2-5-9-15/h2-11,14,17H,12-13,19H2,1H3,(H,20,21)/t14?,17-/m0/s1. The van der Waals surface area contributed by atoms with Crippen molar-refractivity contribution in [2.75, 3.05) is 6.54 Å². The molecule has 0 spiro atoms. The van der Waals surface area contributed by atoms with Gasteiger partial charge in [0.2, 0.25) is 5.91 Å². The van der Waals surface area contributed by atoms with Crippen molar-refractivity contribution in [1.29, 1.82) is 0 Å². The maximum Gasteiger partial charge on any atom is 0.237 e. The Kier molecular flexibility index (Phi) is 5.98. The third kappa shape index (κ3) is 5.22. The van der Waals surface area contributed by atoms with Gasteiger partial charge in [-0.3, -0.25) is 4.79 Å². The van der Waals surface area contributed by atoms with Crippen LogP contribution in [0, 0.1) is 0 Å². The van der Waals surface area contributed by atoms with Gasteiger partial charge in [0, 0.05) is 0 Å². The van der Waals surface area contributed by atoms with Crippen molar-refractivity contribution in [2.45, 2.75) is 25.5 Å². The van der Waals surface area contributed by atoms with Gasteiger partial charge in [-0.1, -0.05) is 48.5 Å². The minimum atomic E-state index is -0.550. The van der Waals surface area contributed by atoms with E-state index in [2.05, 4.69) is 5.32 Å². The summed E-state index contributed by atoms with van der Waals surface area (Å²) in [6.07, 6.45) is 0.413. The van der Waals surface area contributed by atoms with Crippen LogP contribution < -0.4 is 15.8 Å². The van der Waals surface area contributed by atoms with E-state index < -0.39 is 6.04 Å². The summed E-state index contributed by atoms with van der Waals surface area (Å²) in [7, 11) is 0. The number of rotatable bonds is 7. The molecule has 0 aliphatic rings. The minimum absolute atomic E-state index is 0.115. The Morgan fingerprint density at radius 1 is 1.09 bits per heavy atom. The number of hydrogen-bond acceptors (Lipinski definition) is 3. The molecule has 2 atom stereocenters. The predicted octanol–water partition coefficient (Wildman–Crippen LogP) is 2.14. The quantitative estimate of drug-likeness (QED) is 0.823. The summed E-state index contributed by atoms with van der Waals surface area (Å²) in [6.45, 7) is 2.34. The summed E-state index contributed by atoms with van der Waals surface area (Å²) in [5, 5.41) is 2.83. The van der Waals surface area contributed by atoms with Crippen LogP contribution in [0.5, 0.6) is 5.75 Å². The van der Waals surface area contributed by atoms with Crippen LogP contribution in [0.25, 0.3) is 0 Å². The van der Waals surface area contributed by atoms with E-state index in [4.69, 9.17) is 10.5 Å². The van der Waals surface area contributed by atoms with Crippen LogP contribution in [0.2, 0.25) is 0 Å². The number of carbonyl (C=O) groups excluding carboxylic acids is 1. The molecule has 0 heterocycles. The molecule has 1 unspecified atom stereocenters. The molecule has 0 saturated heterocycles. The van der Waals surface area contributed by atoms with Gasteiger partial charge in [0.15, 0.2) is 0 Å². The summed E-state index contributed by atoms with van der Waals surface area (Å²) in [5.74, 6) is 0.630. The van der Waals surface area contributed by atoms with Crippen molar-refractivity contribution in [2.24, 2.45) is 5.73 Å². The van der Waals surface area contributed by atoms with Gasteiger partial charge in [-0.05, 0) is 31.0 Å². The number of para-hydroxylation sites is 1. The van der Waals surface area contributed by atoms with E-state index in [-0.39, 0.29) is 12.0 Å². The first-order valence-corrected chi connectivity index (χ1v) is 7.44. The molecule has 2 aromatic carbocycles. The highest BCUT2D eigenvalue weighted by atomic mass is 16.5. The predicted molar refractivity (Wildman–Crippen MR) is 87.7 cm³/mol. The zero-order valence-electron chi connectivity index (χ0n) is 12.7. The zero-order valence-corrected chi connectivity index (χ0v) is 12.7. The number of nitrogens with two attached hydrogens (primary N) is 1. The van der Waals surface area contributed by atoms with Crippen LogP contribution in [0.4, 0.5) is 0 Å². The Morgan fingerprint density at radius 2 is 1.68 bits per heavy atom. The summed E-state index contributed by atoms with van der Waals surface area (Å²) >= 11 is 0. The van der Waals surface area contributed by atoms with Crippen LogP contribution in [-0.4, -0.2) is 24.6 Å². The van der Waals surface area contributed by atoms with Crippen molar-refractivity contribution in [3.05, 3.63) is 66.2 Å².